The number of aryl methyl sites for hydroxylation is 2. The van der Waals surface area contributed by atoms with Gasteiger partial charge in [-0.2, -0.15) is 0 Å². The molecule has 8 heteroatoms. The third-order valence-corrected chi connectivity index (χ3v) is 7.87. The van der Waals surface area contributed by atoms with Gasteiger partial charge < -0.3 is 24.5 Å². The lowest BCUT2D eigenvalue weighted by Gasteiger charge is -2.42. The van der Waals surface area contributed by atoms with E-state index in [1.54, 1.807) is 0 Å². The maximum atomic E-state index is 13.8. The minimum atomic E-state index is -0.539. The van der Waals surface area contributed by atoms with E-state index in [2.05, 4.69) is 27.9 Å². The summed E-state index contributed by atoms with van der Waals surface area (Å²) in [7, 11) is 0. The Hall–Kier alpha value is -4.43. The molecule has 0 aliphatic carbocycles. The number of carbonyl (C=O) groups excluding carboxylic acids is 2. The van der Waals surface area contributed by atoms with Crippen molar-refractivity contribution in [2.24, 2.45) is 5.73 Å². The molecule has 1 saturated heterocycles. The van der Waals surface area contributed by atoms with Crippen LogP contribution in [-0.2, 0) is 11.3 Å². The summed E-state index contributed by atoms with van der Waals surface area (Å²) in [5, 5.41) is 5.65. The van der Waals surface area contributed by atoms with Crippen molar-refractivity contribution in [2.45, 2.75) is 39.8 Å². The Labute approximate surface area is 232 Å². The van der Waals surface area contributed by atoms with Crippen molar-refractivity contribution in [3.8, 4) is 11.1 Å². The largest absolute Gasteiger partial charge is 0.377 e. The molecule has 3 aromatic carbocycles. The molecule has 0 unspecified atom stereocenters. The number of nitrogens with two attached hydrogens (primary N) is 1. The van der Waals surface area contributed by atoms with Crippen LogP contribution in [0.4, 0.5) is 0 Å². The quantitative estimate of drug-likeness (QED) is 0.321. The molecule has 2 amide bonds. The molecule has 2 aromatic heterocycles. The van der Waals surface area contributed by atoms with Crippen LogP contribution in [0.3, 0.4) is 0 Å². The van der Waals surface area contributed by atoms with Gasteiger partial charge in [-0.3, -0.25) is 9.59 Å². The van der Waals surface area contributed by atoms with Crippen LogP contribution in [0.2, 0.25) is 0 Å². The number of fused-ring (bicyclic) bond motifs is 3. The third kappa shape index (κ3) is 4.25. The van der Waals surface area contributed by atoms with Crippen molar-refractivity contribution in [1.82, 2.24) is 14.6 Å². The molecule has 6 rings (SSSR count). The van der Waals surface area contributed by atoms with Gasteiger partial charge in [-0.1, -0.05) is 35.5 Å². The topological polar surface area (TPSA) is 104 Å². The normalized spacial score (nSPS) is 15.2. The number of rotatable bonds is 5. The van der Waals surface area contributed by atoms with E-state index in [0.29, 0.717) is 43.2 Å². The van der Waals surface area contributed by atoms with Crippen molar-refractivity contribution in [3.63, 3.8) is 0 Å². The van der Waals surface area contributed by atoms with Gasteiger partial charge in [-0.25, -0.2) is 0 Å². The van der Waals surface area contributed by atoms with Gasteiger partial charge in [0.05, 0.1) is 30.0 Å². The fourth-order valence-electron chi connectivity index (χ4n) is 5.92. The molecule has 2 N–H and O–H groups in total. The average Bonchev–Trinajstić information content (AvgIpc) is 3.43. The van der Waals surface area contributed by atoms with Gasteiger partial charge in [0.2, 0.25) is 5.91 Å². The molecule has 8 nitrogen and oxygen atoms in total. The number of amides is 2. The zero-order valence-electron chi connectivity index (χ0n) is 23.2. The lowest BCUT2D eigenvalue weighted by molar-refractivity contribution is -0.0370. The van der Waals surface area contributed by atoms with Crippen LogP contribution in [0.15, 0.2) is 65.2 Å². The standard InChI is InChI=1S/C32H32N4O4/c1-19-28(20(2)40-34-19)23-15-25(30(33)37)29-24-14-22(31(38)36-12-13-39-18-32(36,3)4)10-11-26(24)35(27(29)16-23)17-21-8-6-5-7-9-21/h5-11,14-16H,12-13,17-18H2,1-4H3,(H2,33,37). The van der Waals surface area contributed by atoms with Crippen molar-refractivity contribution in [1.29, 1.82) is 0 Å². The predicted octanol–water partition coefficient (Wildman–Crippen LogP) is 5.46. The molecule has 0 spiro atoms. The van der Waals surface area contributed by atoms with Gasteiger partial charge >= 0.3 is 0 Å². The van der Waals surface area contributed by atoms with E-state index >= 15 is 0 Å². The predicted molar refractivity (Wildman–Crippen MR) is 154 cm³/mol. The maximum Gasteiger partial charge on any atom is 0.254 e. The second-order valence-electron chi connectivity index (χ2n) is 11.1. The number of ether oxygens (including phenoxy) is 1. The monoisotopic (exact) mass is 536 g/mol. The number of primary amides is 1. The molecule has 204 valence electrons. The summed E-state index contributed by atoms with van der Waals surface area (Å²) in [6.07, 6.45) is 0. The molecule has 0 radical (unpaired) electrons. The van der Waals surface area contributed by atoms with Crippen LogP contribution in [0.5, 0.6) is 0 Å². The SMILES string of the molecule is Cc1noc(C)c1-c1cc(C(N)=O)c2c3cc(C(=O)N4CCOCC4(C)C)ccc3n(Cc3ccccc3)c2c1. The first kappa shape index (κ1) is 25.8. The number of benzene rings is 3. The number of aromatic nitrogens is 2. The number of hydrogen-bond donors (Lipinski definition) is 1. The van der Waals surface area contributed by atoms with E-state index in [0.717, 1.165) is 44.2 Å². The van der Waals surface area contributed by atoms with Crippen molar-refractivity contribution in [2.75, 3.05) is 19.8 Å². The lowest BCUT2D eigenvalue weighted by Crippen LogP contribution is -2.55. The van der Waals surface area contributed by atoms with Crippen LogP contribution in [0.1, 0.15) is 51.6 Å². The smallest absolute Gasteiger partial charge is 0.254 e. The van der Waals surface area contributed by atoms with Gasteiger partial charge in [-0.15, -0.1) is 0 Å². The number of nitrogens with zero attached hydrogens (tertiary/aromatic N) is 3. The molecule has 0 atom stereocenters. The molecule has 3 heterocycles. The first-order valence-corrected chi connectivity index (χ1v) is 13.4. The van der Waals surface area contributed by atoms with Crippen LogP contribution < -0.4 is 5.73 Å². The molecule has 1 aliphatic heterocycles. The highest BCUT2D eigenvalue weighted by Crippen LogP contribution is 2.38. The Bertz CT molecular complexity index is 1760. The van der Waals surface area contributed by atoms with E-state index in [-0.39, 0.29) is 5.91 Å². The Morgan fingerprint density at radius 1 is 1.02 bits per heavy atom. The van der Waals surface area contributed by atoms with E-state index in [9.17, 15) is 9.59 Å². The Kier molecular flexibility index (Phi) is 6.22. The second kappa shape index (κ2) is 9.64. The minimum Gasteiger partial charge on any atom is -0.377 e. The zero-order valence-corrected chi connectivity index (χ0v) is 23.2. The summed E-state index contributed by atoms with van der Waals surface area (Å²) in [6.45, 7) is 9.84. The highest BCUT2D eigenvalue weighted by atomic mass is 16.5. The summed E-state index contributed by atoms with van der Waals surface area (Å²) in [5.74, 6) is 0.0644. The van der Waals surface area contributed by atoms with Gasteiger partial charge in [-0.05, 0) is 69.2 Å². The van der Waals surface area contributed by atoms with Gasteiger partial charge in [0, 0.05) is 46.1 Å². The highest BCUT2D eigenvalue weighted by Gasteiger charge is 2.35. The first-order valence-electron chi connectivity index (χ1n) is 13.4. The van der Waals surface area contributed by atoms with Crippen LogP contribution in [0.25, 0.3) is 32.9 Å². The zero-order chi connectivity index (χ0) is 28.2. The Morgan fingerprint density at radius 3 is 2.48 bits per heavy atom. The summed E-state index contributed by atoms with van der Waals surface area (Å²) in [6, 6.07) is 19.8. The van der Waals surface area contributed by atoms with Crippen LogP contribution in [0, 0.1) is 13.8 Å². The van der Waals surface area contributed by atoms with E-state index in [1.807, 2.05) is 75.1 Å². The number of carbonyl (C=O) groups is 2. The Balaban J connectivity index is 1.62. The molecule has 1 aliphatic rings. The minimum absolute atomic E-state index is 0.0628. The van der Waals surface area contributed by atoms with E-state index in [4.69, 9.17) is 15.0 Å². The van der Waals surface area contributed by atoms with Gasteiger partial charge in [0.25, 0.3) is 5.91 Å². The Morgan fingerprint density at radius 2 is 1.80 bits per heavy atom. The van der Waals surface area contributed by atoms with E-state index < -0.39 is 11.4 Å². The molecule has 40 heavy (non-hydrogen) atoms. The molecular formula is C32H32N4O4. The van der Waals surface area contributed by atoms with Crippen molar-refractivity contribution >= 4 is 33.6 Å². The summed E-state index contributed by atoms with van der Waals surface area (Å²) < 4.78 is 13.3. The van der Waals surface area contributed by atoms with Crippen molar-refractivity contribution < 1.29 is 18.8 Å². The molecule has 0 bridgehead atoms. The van der Waals surface area contributed by atoms with Gasteiger partial charge in [0.1, 0.15) is 5.76 Å². The highest BCUT2D eigenvalue weighted by molar-refractivity contribution is 6.20. The average molecular weight is 537 g/mol. The molecule has 0 saturated carbocycles. The number of morpholine rings is 1. The van der Waals surface area contributed by atoms with E-state index in [1.165, 1.54) is 0 Å². The van der Waals surface area contributed by atoms with Gasteiger partial charge in [0.15, 0.2) is 0 Å². The molecule has 5 aromatic rings. The maximum absolute atomic E-state index is 13.8. The summed E-state index contributed by atoms with van der Waals surface area (Å²) >= 11 is 0. The van der Waals surface area contributed by atoms with Crippen LogP contribution >= 0.6 is 0 Å². The fourth-order valence-corrected chi connectivity index (χ4v) is 5.92. The lowest BCUT2D eigenvalue weighted by atomic mass is 9.96. The summed E-state index contributed by atoms with van der Waals surface area (Å²) in [4.78, 5) is 28.6. The fraction of sp³-hybridized carbons (Fsp3) is 0.281. The van der Waals surface area contributed by atoms with Crippen LogP contribution in [-0.4, -0.2) is 51.7 Å². The molecular weight excluding hydrogens is 504 g/mol. The first-order chi connectivity index (χ1) is 19.2. The summed E-state index contributed by atoms with van der Waals surface area (Å²) in [5.41, 5.74) is 11.8. The molecule has 1 fully saturated rings. The second-order valence-corrected chi connectivity index (χ2v) is 11.1. The van der Waals surface area contributed by atoms with Crippen molar-refractivity contribution in [3.05, 3.63) is 88.8 Å². The number of hydrogen-bond acceptors (Lipinski definition) is 5. The third-order valence-electron chi connectivity index (χ3n) is 7.87.